The summed E-state index contributed by atoms with van der Waals surface area (Å²) >= 11 is 6.10. The largest absolute Gasteiger partial charge is 0.465 e. The Hall–Kier alpha value is -2.19. The van der Waals surface area contributed by atoms with Gasteiger partial charge in [0.05, 0.1) is 12.6 Å². The van der Waals surface area contributed by atoms with E-state index in [1.165, 1.54) is 11.1 Å². The first-order valence-corrected chi connectivity index (χ1v) is 6.07. The van der Waals surface area contributed by atoms with Crippen LogP contribution in [0.3, 0.4) is 0 Å². The Morgan fingerprint density at radius 2 is 2.20 bits per heavy atom. The second-order valence-corrected chi connectivity index (χ2v) is 4.33. The molecular formula is C11H12ClN5O3. The number of amides is 1. The van der Waals surface area contributed by atoms with Gasteiger partial charge in [-0.3, -0.25) is 4.90 Å². The fourth-order valence-corrected chi connectivity index (χ4v) is 2.09. The predicted molar refractivity (Wildman–Crippen MR) is 69.0 cm³/mol. The maximum absolute atomic E-state index is 11.2. The van der Waals surface area contributed by atoms with Gasteiger partial charge >= 0.3 is 6.09 Å². The quantitative estimate of drug-likeness (QED) is 0.798. The van der Waals surface area contributed by atoms with Crippen LogP contribution in [0.1, 0.15) is 11.6 Å². The van der Waals surface area contributed by atoms with Crippen LogP contribution in [0.4, 0.5) is 4.79 Å². The van der Waals surface area contributed by atoms with Gasteiger partial charge in [-0.15, -0.1) is 10.2 Å². The summed E-state index contributed by atoms with van der Waals surface area (Å²) in [6.45, 7) is -0.573. The summed E-state index contributed by atoms with van der Waals surface area (Å²) in [4.78, 5) is 13.3. The van der Waals surface area contributed by atoms with E-state index in [9.17, 15) is 15.0 Å². The van der Waals surface area contributed by atoms with Gasteiger partial charge in [0.25, 0.3) is 0 Å². The second kappa shape index (κ2) is 6.31. The summed E-state index contributed by atoms with van der Waals surface area (Å²) < 4.78 is 0. The van der Waals surface area contributed by atoms with Crippen LogP contribution >= 0.6 is 11.6 Å². The van der Waals surface area contributed by atoms with Crippen molar-refractivity contribution in [3.05, 3.63) is 41.2 Å². The van der Waals surface area contributed by atoms with E-state index < -0.39 is 18.9 Å². The summed E-state index contributed by atoms with van der Waals surface area (Å²) in [7, 11) is 0. The number of nitrogens with zero attached hydrogens (tertiary/aromatic N) is 5. The van der Waals surface area contributed by atoms with Crippen LogP contribution in [0.25, 0.3) is 0 Å². The highest BCUT2D eigenvalue weighted by Gasteiger charge is 2.27. The number of hydrogen-bond donors (Lipinski definition) is 2. The van der Waals surface area contributed by atoms with Crippen LogP contribution in [0.2, 0.25) is 5.02 Å². The molecule has 2 rings (SSSR count). The summed E-state index contributed by atoms with van der Waals surface area (Å²) in [6, 6.07) is 6.09. The number of carboxylic acid groups (broad SMARTS) is 1. The number of aromatic nitrogens is 4. The number of halogens is 1. The van der Waals surface area contributed by atoms with Crippen molar-refractivity contribution in [1.29, 1.82) is 0 Å². The number of tetrazole rings is 1. The van der Waals surface area contributed by atoms with E-state index in [1.54, 1.807) is 24.3 Å². The lowest BCUT2D eigenvalue weighted by molar-refractivity contribution is 0.0541. The fourth-order valence-electron chi connectivity index (χ4n) is 1.83. The number of rotatable bonds is 5. The summed E-state index contributed by atoms with van der Waals surface area (Å²) in [5.74, 6) is 0. The van der Waals surface area contributed by atoms with E-state index in [0.29, 0.717) is 10.6 Å². The highest BCUT2D eigenvalue weighted by atomic mass is 35.5. The Morgan fingerprint density at radius 3 is 2.75 bits per heavy atom. The summed E-state index contributed by atoms with van der Waals surface area (Å²) in [5, 5.41) is 30.0. The minimum Gasteiger partial charge on any atom is -0.465 e. The molecule has 106 valence electrons. The van der Waals surface area contributed by atoms with Gasteiger partial charge in [0.15, 0.2) is 6.33 Å². The van der Waals surface area contributed by atoms with Crippen molar-refractivity contribution in [1.82, 2.24) is 25.1 Å². The smallest absolute Gasteiger partial charge is 0.409 e. The molecule has 0 aliphatic carbocycles. The van der Waals surface area contributed by atoms with E-state index in [1.807, 2.05) is 0 Å². The molecule has 20 heavy (non-hydrogen) atoms. The highest BCUT2D eigenvalue weighted by Crippen LogP contribution is 2.28. The van der Waals surface area contributed by atoms with Crippen LogP contribution in [-0.2, 0) is 6.54 Å². The van der Waals surface area contributed by atoms with Crippen molar-refractivity contribution in [3.63, 3.8) is 0 Å². The Kier molecular flexibility index (Phi) is 4.49. The van der Waals surface area contributed by atoms with Crippen molar-refractivity contribution < 1.29 is 15.0 Å². The lowest BCUT2D eigenvalue weighted by Gasteiger charge is -2.27. The number of aliphatic hydroxyl groups is 1. The number of benzene rings is 1. The molecule has 0 saturated carbocycles. The third-order valence-corrected chi connectivity index (χ3v) is 3.11. The topological polar surface area (TPSA) is 104 Å². The second-order valence-electron chi connectivity index (χ2n) is 3.92. The average Bonchev–Trinajstić information content (AvgIpc) is 2.92. The molecule has 2 N–H and O–H groups in total. The lowest BCUT2D eigenvalue weighted by Crippen LogP contribution is -2.37. The molecule has 8 nitrogen and oxygen atoms in total. The molecule has 0 aliphatic rings. The van der Waals surface area contributed by atoms with E-state index in [4.69, 9.17) is 11.6 Å². The molecule has 0 bridgehead atoms. The third-order valence-electron chi connectivity index (χ3n) is 2.77. The number of aliphatic hydroxyl groups excluding tert-OH is 1. The molecule has 1 atom stereocenters. The SMILES string of the molecule is O=C(O)N(CO)C(Cn1ncnn1)c1ccccc1Cl. The van der Waals surface area contributed by atoms with E-state index in [-0.39, 0.29) is 6.54 Å². The molecule has 0 aliphatic heterocycles. The first-order chi connectivity index (χ1) is 9.63. The van der Waals surface area contributed by atoms with Crippen molar-refractivity contribution >= 4 is 17.7 Å². The van der Waals surface area contributed by atoms with E-state index >= 15 is 0 Å². The molecule has 9 heteroatoms. The first-order valence-electron chi connectivity index (χ1n) is 5.69. The van der Waals surface area contributed by atoms with Gasteiger partial charge in [0, 0.05) is 5.02 Å². The van der Waals surface area contributed by atoms with Crippen molar-refractivity contribution in [3.8, 4) is 0 Å². The molecule has 1 amide bonds. The van der Waals surface area contributed by atoms with Gasteiger partial charge in [-0.25, -0.2) is 4.79 Å². The highest BCUT2D eigenvalue weighted by molar-refractivity contribution is 6.31. The minimum atomic E-state index is -1.27. The maximum atomic E-state index is 11.2. The van der Waals surface area contributed by atoms with Gasteiger partial charge in [-0.2, -0.15) is 4.80 Å². The zero-order valence-corrected chi connectivity index (χ0v) is 11.1. The van der Waals surface area contributed by atoms with Crippen molar-refractivity contribution in [2.24, 2.45) is 0 Å². The number of hydrogen-bond acceptors (Lipinski definition) is 5. The van der Waals surface area contributed by atoms with E-state index in [2.05, 4.69) is 15.4 Å². The van der Waals surface area contributed by atoms with Gasteiger partial charge in [0.1, 0.15) is 6.73 Å². The van der Waals surface area contributed by atoms with Crippen LogP contribution in [-0.4, -0.2) is 48.1 Å². The molecule has 1 heterocycles. The molecule has 1 unspecified atom stereocenters. The first kappa shape index (κ1) is 14.2. The molecule has 0 saturated heterocycles. The molecule has 2 aromatic rings. The lowest BCUT2D eigenvalue weighted by atomic mass is 10.1. The van der Waals surface area contributed by atoms with Crippen molar-refractivity contribution in [2.45, 2.75) is 12.6 Å². The third kappa shape index (κ3) is 3.03. The Balaban J connectivity index is 2.38. The van der Waals surface area contributed by atoms with Crippen molar-refractivity contribution in [2.75, 3.05) is 6.73 Å². The van der Waals surface area contributed by atoms with Gasteiger partial charge < -0.3 is 10.2 Å². The van der Waals surface area contributed by atoms with Gasteiger partial charge in [-0.05, 0) is 16.8 Å². The maximum Gasteiger partial charge on any atom is 0.409 e. The molecule has 0 fully saturated rings. The zero-order chi connectivity index (χ0) is 14.5. The predicted octanol–water partition coefficient (Wildman–Crippen LogP) is 0.998. The average molecular weight is 298 g/mol. The van der Waals surface area contributed by atoms with Crippen LogP contribution < -0.4 is 0 Å². The van der Waals surface area contributed by atoms with Crippen LogP contribution in [0.5, 0.6) is 0 Å². The van der Waals surface area contributed by atoms with Crippen LogP contribution in [0.15, 0.2) is 30.6 Å². The van der Waals surface area contributed by atoms with Gasteiger partial charge in [-0.1, -0.05) is 29.8 Å². The summed E-state index contributed by atoms with van der Waals surface area (Å²) in [6.07, 6.45) is -0.0224. The Morgan fingerprint density at radius 1 is 1.45 bits per heavy atom. The Bertz CT molecular complexity index is 577. The summed E-state index contributed by atoms with van der Waals surface area (Å²) in [5.41, 5.74) is 0.558. The monoisotopic (exact) mass is 297 g/mol. The minimum absolute atomic E-state index is 0.0938. The fraction of sp³-hybridized carbons (Fsp3) is 0.273. The molecule has 1 aromatic heterocycles. The van der Waals surface area contributed by atoms with Crippen LogP contribution in [0, 0.1) is 0 Å². The Labute approximate surface area is 119 Å². The molecule has 0 radical (unpaired) electrons. The van der Waals surface area contributed by atoms with Gasteiger partial charge in [0.2, 0.25) is 0 Å². The normalized spacial score (nSPS) is 12.1. The van der Waals surface area contributed by atoms with E-state index in [0.717, 1.165) is 4.90 Å². The number of carbonyl (C=O) groups is 1. The standard InChI is InChI=1S/C11H12ClN5O3/c12-9-4-2-1-3-8(9)10(16(7-18)11(19)20)5-17-14-6-13-15-17/h1-4,6,10,18H,5,7H2,(H,19,20). The molecule has 1 aromatic carbocycles. The molecule has 0 spiro atoms. The zero-order valence-electron chi connectivity index (χ0n) is 10.3. The molecular weight excluding hydrogens is 286 g/mol.